The van der Waals surface area contributed by atoms with Crippen molar-refractivity contribution in [3.63, 3.8) is 0 Å². The molecule has 1 aromatic carbocycles. The van der Waals surface area contributed by atoms with Crippen LogP contribution in [0.25, 0.3) is 11.3 Å². The standard InChI is InChI=1S/C37H55ClN3O8P/c1-11-46-50(45)24-23-40(25-28-15-14-21-39-30(28)27-16-18-29(38)19-17-27)26-37(50,31(42)47-34(2,3)4)20-12-13-22-41(32(43)48-35(5,6)7)33(44)49-36(8,9)10/h14-19,21H,11-13,20,22-26H2,1-10H3. The van der Waals surface area contributed by atoms with Crippen LogP contribution in [0.4, 0.5) is 9.59 Å². The first-order valence-electron chi connectivity index (χ1n) is 17.2. The van der Waals surface area contributed by atoms with Crippen LogP contribution in [-0.4, -0.2) is 87.3 Å². The number of amides is 2. The number of carbonyl (C=O) groups is 3. The molecule has 50 heavy (non-hydrogen) atoms. The van der Waals surface area contributed by atoms with Gasteiger partial charge in [-0.3, -0.25) is 19.2 Å². The number of unbranched alkanes of at least 4 members (excludes halogenated alkanes) is 1. The number of aromatic nitrogens is 1. The summed E-state index contributed by atoms with van der Waals surface area (Å²) in [5.74, 6) is -0.591. The number of pyridine rings is 1. The fraction of sp³-hybridized carbons (Fsp3) is 0.622. The summed E-state index contributed by atoms with van der Waals surface area (Å²) >= 11 is 6.15. The molecule has 0 saturated carbocycles. The lowest BCUT2D eigenvalue weighted by atomic mass is 9.98. The number of benzene rings is 1. The second kappa shape index (κ2) is 16.6. The molecule has 1 saturated heterocycles. The highest BCUT2D eigenvalue weighted by molar-refractivity contribution is 7.62. The molecule has 2 heterocycles. The van der Waals surface area contributed by atoms with E-state index >= 15 is 0 Å². The molecule has 13 heteroatoms. The van der Waals surface area contributed by atoms with E-state index < -0.39 is 47.5 Å². The van der Waals surface area contributed by atoms with E-state index in [9.17, 15) is 18.9 Å². The fourth-order valence-electron chi connectivity index (χ4n) is 5.76. The van der Waals surface area contributed by atoms with Crippen LogP contribution >= 0.6 is 19.0 Å². The van der Waals surface area contributed by atoms with Crippen molar-refractivity contribution in [2.45, 2.75) is 117 Å². The van der Waals surface area contributed by atoms with Gasteiger partial charge in [-0.1, -0.05) is 29.8 Å². The third-order valence-corrected chi connectivity index (χ3v) is 11.4. The lowest BCUT2D eigenvalue weighted by Crippen LogP contribution is -2.56. The first kappa shape index (κ1) is 41.4. The lowest BCUT2D eigenvalue weighted by Gasteiger charge is -2.46. The monoisotopic (exact) mass is 735 g/mol. The van der Waals surface area contributed by atoms with Crippen molar-refractivity contribution in [2.75, 3.05) is 32.4 Å². The molecule has 0 spiro atoms. The molecule has 278 valence electrons. The normalized spacial score (nSPS) is 20.2. The maximum Gasteiger partial charge on any atom is 0.419 e. The zero-order chi connectivity index (χ0) is 37.5. The van der Waals surface area contributed by atoms with Gasteiger partial charge in [0.1, 0.15) is 16.8 Å². The molecule has 0 N–H and O–H groups in total. The van der Waals surface area contributed by atoms with E-state index in [1.807, 2.05) is 36.4 Å². The van der Waals surface area contributed by atoms with Gasteiger partial charge in [-0.15, -0.1) is 0 Å². The highest BCUT2D eigenvalue weighted by Gasteiger charge is 2.59. The van der Waals surface area contributed by atoms with E-state index in [0.717, 1.165) is 21.7 Å². The Labute approximate surface area is 302 Å². The summed E-state index contributed by atoms with van der Waals surface area (Å²) < 4.78 is 37.9. The van der Waals surface area contributed by atoms with Crippen molar-refractivity contribution >= 4 is 37.1 Å². The van der Waals surface area contributed by atoms with Crippen molar-refractivity contribution in [1.82, 2.24) is 14.8 Å². The molecule has 2 amide bonds. The minimum absolute atomic E-state index is 0.0307. The molecular formula is C37H55ClN3O8P. The SMILES string of the molecule is CCOP1(=O)CCN(Cc2cccnc2-c2ccc(Cl)cc2)CC1(CCCCN(C(=O)OC(C)(C)C)C(=O)OC(C)(C)C)C(=O)OC(C)(C)C. The maximum absolute atomic E-state index is 14.9. The van der Waals surface area contributed by atoms with Gasteiger partial charge >= 0.3 is 18.2 Å². The highest BCUT2D eigenvalue weighted by Crippen LogP contribution is 2.64. The van der Waals surface area contributed by atoms with E-state index in [2.05, 4.69) is 9.88 Å². The van der Waals surface area contributed by atoms with Crippen LogP contribution < -0.4 is 0 Å². The summed E-state index contributed by atoms with van der Waals surface area (Å²) in [6, 6.07) is 11.3. The maximum atomic E-state index is 14.9. The first-order valence-corrected chi connectivity index (χ1v) is 19.4. The number of hydrogen-bond acceptors (Lipinski definition) is 10. The van der Waals surface area contributed by atoms with Gasteiger partial charge in [-0.25, -0.2) is 14.5 Å². The molecule has 1 aliphatic rings. The molecule has 2 aromatic rings. The summed E-state index contributed by atoms with van der Waals surface area (Å²) in [5.41, 5.74) is 0.102. The van der Waals surface area contributed by atoms with Gasteiger partial charge in [0.15, 0.2) is 5.16 Å². The second-order valence-electron chi connectivity index (χ2n) is 15.6. The Morgan fingerprint density at radius 1 is 0.900 bits per heavy atom. The van der Waals surface area contributed by atoms with Gasteiger partial charge in [0, 0.05) is 49.1 Å². The number of halogens is 1. The number of imide groups is 1. The van der Waals surface area contributed by atoms with Crippen LogP contribution in [0.2, 0.25) is 5.02 Å². The molecule has 0 aliphatic carbocycles. The molecule has 1 aliphatic heterocycles. The van der Waals surface area contributed by atoms with Gasteiger partial charge in [-0.05, 0) is 112 Å². The average Bonchev–Trinajstić information content (AvgIpc) is 2.97. The molecule has 11 nitrogen and oxygen atoms in total. The van der Waals surface area contributed by atoms with E-state index in [1.165, 1.54) is 0 Å². The van der Waals surface area contributed by atoms with Crippen LogP contribution in [0.3, 0.4) is 0 Å². The van der Waals surface area contributed by atoms with E-state index in [4.69, 9.17) is 30.3 Å². The summed E-state index contributed by atoms with van der Waals surface area (Å²) in [6.45, 7) is 18.5. The molecular weight excluding hydrogens is 681 g/mol. The number of hydrogen-bond donors (Lipinski definition) is 0. The van der Waals surface area contributed by atoms with Gasteiger partial charge in [0.2, 0.25) is 7.37 Å². The number of carbonyl (C=O) groups excluding carboxylic acids is 3. The van der Waals surface area contributed by atoms with Crippen LogP contribution in [0.15, 0.2) is 42.6 Å². The van der Waals surface area contributed by atoms with Crippen LogP contribution in [0, 0.1) is 0 Å². The average molecular weight is 736 g/mol. The van der Waals surface area contributed by atoms with Gasteiger partial charge in [-0.2, -0.15) is 0 Å². The van der Waals surface area contributed by atoms with Crippen molar-refractivity contribution in [2.24, 2.45) is 0 Å². The molecule has 1 aromatic heterocycles. The molecule has 1 fully saturated rings. The van der Waals surface area contributed by atoms with Crippen molar-refractivity contribution in [3.05, 3.63) is 53.2 Å². The topological polar surface area (TPSA) is 125 Å². The Morgan fingerprint density at radius 3 is 2.02 bits per heavy atom. The van der Waals surface area contributed by atoms with Crippen LogP contribution in [0.1, 0.15) is 94.1 Å². The Morgan fingerprint density at radius 2 is 1.48 bits per heavy atom. The van der Waals surface area contributed by atoms with E-state index in [1.54, 1.807) is 75.4 Å². The second-order valence-corrected chi connectivity index (χ2v) is 19.0. The minimum Gasteiger partial charge on any atom is -0.459 e. The number of esters is 1. The van der Waals surface area contributed by atoms with E-state index in [0.29, 0.717) is 31.0 Å². The lowest BCUT2D eigenvalue weighted by molar-refractivity contribution is -0.160. The van der Waals surface area contributed by atoms with Gasteiger partial charge < -0.3 is 18.7 Å². The predicted molar refractivity (Wildman–Crippen MR) is 196 cm³/mol. The number of ether oxygens (including phenoxy) is 3. The van der Waals surface area contributed by atoms with Gasteiger partial charge in [0.25, 0.3) is 0 Å². The summed E-state index contributed by atoms with van der Waals surface area (Å²) in [7, 11) is -3.62. The van der Waals surface area contributed by atoms with Crippen LogP contribution in [0.5, 0.6) is 0 Å². The predicted octanol–water partition coefficient (Wildman–Crippen LogP) is 8.96. The molecule has 0 bridgehead atoms. The minimum atomic E-state index is -3.62. The summed E-state index contributed by atoms with van der Waals surface area (Å²) in [6.07, 6.45) is 0.987. The smallest absolute Gasteiger partial charge is 0.419 e. The quantitative estimate of drug-likeness (QED) is 0.0956. The largest absolute Gasteiger partial charge is 0.459 e. The van der Waals surface area contributed by atoms with Crippen molar-refractivity contribution in [3.8, 4) is 11.3 Å². The first-order chi connectivity index (χ1) is 23.1. The van der Waals surface area contributed by atoms with Crippen molar-refractivity contribution in [1.29, 1.82) is 0 Å². The van der Waals surface area contributed by atoms with Crippen LogP contribution in [-0.2, 0) is 34.6 Å². The number of nitrogens with zero attached hydrogens (tertiary/aromatic N) is 3. The Balaban J connectivity index is 1.94. The molecule has 0 radical (unpaired) electrons. The molecule has 2 unspecified atom stereocenters. The zero-order valence-electron chi connectivity index (χ0n) is 31.3. The van der Waals surface area contributed by atoms with Gasteiger partial charge in [0.05, 0.1) is 12.3 Å². The highest BCUT2D eigenvalue weighted by atomic mass is 35.5. The van der Waals surface area contributed by atoms with E-state index in [-0.39, 0.29) is 32.3 Å². The zero-order valence-corrected chi connectivity index (χ0v) is 33.0. The third kappa shape index (κ3) is 11.5. The number of rotatable bonds is 11. The Kier molecular flexibility index (Phi) is 13.7. The van der Waals surface area contributed by atoms with Crippen molar-refractivity contribution < 1.29 is 37.7 Å². The third-order valence-electron chi connectivity index (χ3n) is 7.82. The molecule has 3 rings (SSSR count). The molecule has 2 atom stereocenters. The fourth-order valence-corrected chi connectivity index (χ4v) is 8.89. The summed E-state index contributed by atoms with van der Waals surface area (Å²) in [4.78, 5) is 48.2. The Bertz CT molecular complexity index is 1500. The Hall–Kier alpha value is -2.98. The summed E-state index contributed by atoms with van der Waals surface area (Å²) in [5, 5.41) is -0.878.